The summed E-state index contributed by atoms with van der Waals surface area (Å²) in [4.78, 5) is 30.7. The van der Waals surface area contributed by atoms with Crippen LogP contribution in [0.15, 0.2) is 42.7 Å². The van der Waals surface area contributed by atoms with Crippen LogP contribution in [0.25, 0.3) is 0 Å². The van der Waals surface area contributed by atoms with E-state index >= 15 is 0 Å². The lowest BCUT2D eigenvalue weighted by Crippen LogP contribution is -2.41. The van der Waals surface area contributed by atoms with Crippen molar-refractivity contribution in [3.63, 3.8) is 0 Å². The first kappa shape index (κ1) is 17.9. The summed E-state index contributed by atoms with van der Waals surface area (Å²) in [5.41, 5.74) is 2.88. The van der Waals surface area contributed by atoms with Gasteiger partial charge in [-0.3, -0.25) is 9.78 Å². The lowest BCUT2D eigenvalue weighted by molar-refractivity contribution is 0.0302. The number of hydrogen-bond acceptors (Lipinski definition) is 4. The van der Waals surface area contributed by atoms with E-state index in [9.17, 15) is 9.59 Å². The third kappa shape index (κ3) is 4.37. The van der Waals surface area contributed by atoms with Crippen LogP contribution in [0.3, 0.4) is 0 Å². The Morgan fingerprint density at radius 2 is 2.00 bits per heavy atom. The summed E-state index contributed by atoms with van der Waals surface area (Å²) < 4.78 is 5.29. The Kier molecular flexibility index (Phi) is 5.80. The van der Waals surface area contributed by atoms with Gasteiger partial charge in [0.2, 0.25) is 0 Å². The average molecular weight is 354 g/mol. The van der Waals surface area contributed by atoms with Gasteiger partial charge < -0.3 is 20.3 Å². The SMILES string of the molecule is Cc1c(NC(=O)NCc2cccnc2)cccc1C(=O)N1CCOCC1. The van der Waals surface area contributed by atoms with Crippen LogP contribution in [-0.2, 0) is 11.3 Å². The van der Waals surface area contributed by atoms with Crippen molar-refractivity contribution in [2.75, 3.05) is 31.6 Å². The van der Waals surface area contributed by atoms with Crippen molar-refractivity contribution >= 4 is 17.6 Å². The van der Waals surface area contributed by atoms with E-state index in [2.05, 4.69) is 15.6 Å². The molecule has 0 radical (unpaired) electrons. The van der Waals surface area contributed by atoms with Gasteiger partial charge in [-0.1, -0.05) is 12.1 Å². The van der Waals surface area contributed by atoms with E-state index in [1.807, 2.05) is 19.1 Å². The zero-order valence-corrected chi connectivity index (χ0v) is 14.7. The van der Waals surface area contributed by atoms with Crippen molar-refractivity contribution in [3.8, 4) is 0 Å². The van der Waals surface area contributed by atoms with E-state index in [4.69, 9.17) is 4.74 Å². The predicted octanol–water partition coefficient (Wildman–Crippen LogP) is 2.18. The van der Waals surface area contributed by atoms with Gasteiger partial charge in [0, 0.05) is 43.3 Å². The molecule has 0 spiro atoms. The van der Waals surface area contributed by atoms with Crippen LogP contribution in [0.1, 0.15) is 21.5 Å². The zero-order valence-electron chi connectivity index (χ0n) is 14.7. The molecule has 26 heavy (non-hydrogen) atoms. The number of morpholine rings is 1. The van der Waals surface area contributed by atoms with E-state index in [1.165, 1.54) is 0 Å². The number of hydrogen-bond donors (Lipinski definition) is 2. The van der Waals surface area contributed by atoms with Crippen LogP contribution in [-0.4, -0.2) is 48.1 Å². The van der Waals surface area contributed by atoms with E-state index in [0.717, 1.165) is 11.1 Å². The Bertz CT molecular complexity index is 774. The highest BCUT2D eigenvalue weighted by Crippen LogP contribution is 2.21. The van der Waals surface area contributed by atoms with E-state index in [-0.39, 0.29) is 11.9 Å². The predicted molar refractivity (Wildman–Crippen MR) is 98.0 cm³/mol. The van der Waals surface area contributed by atoms with Crippen LogP contribution >= 0.6 is 0 Å². The molecule has 1 aliphatic heterocycles. The molecule has 2 aromatic rings. The van der Waals surface area contributed by atoms with Crippen molar-refractivity contribution in [2.24, 2.45) is 0 Å². The van der Waals surface area contributed by atoms with Crippen LogP contribution in [0.4, 0.5) is 10.5 Å². The lowest BCUT2D eigenvalue weighted by Gasteiger charge is -2.27. The Hall–Kier alpha value is -2.93. The molecule has 0 aliphatic carbocycles. The van der Waals surface area contributed by atoms with Crippen molar-refractivity contribution in [3.05, 3.63) is 59.4 Å². The second-order valence-corrected chi connectivity index (χ2v) is 6.05. The lowest BCUT2D eigenvalue weighted by atomic mass is 10.1. The van der Waals surface area contributed by atoms with Crippen LogP contribution < -0.4 is 10.6 Å². The molecule has 1 aromatic heterocycles. The fraction of sp³-hybridized carbons (Fsp3) is 0.316. The summed E-state index contributed by atoms with van der Waals surface area (Å²) in [5.74, 6) is -0.0368. The third-order valence-corrected chi connectivity index (χ3v) is 4.29. The minimum absolute atomic E-state index is 0.0368. The van der Waals surface area contributed by atoms with Gasteiger partial charge in [0.25, 0.3) is 5.91 Å². The molecular weight excluding hydrogens is 332 g/mol. The molecule has 7 heteroatoms. The van der Waals surface area contributed by atoms with Gasteiger partial charge in [-0.05, 0) is 36.2 Å². The molecule has 7 nitrogen and oxygen atoms in total. The number of nitrogens with one attached hydrogen (secondary N) is 2. The van der Waals surface area contributed by atoms with Gasteiger partial charge in [0.15, 0.2) is 0 Å². The smallest absolute Gasteiger partial charge is 0.319 e. The highest BCUT2D eigenvalue weighted by molar-refractivity contribution is 5.99. The topological polar surface area (TPSA) is 83.6 Å². The van der Waals surface area contributed by atoms with Crippen LogP contribution in [0.5, 0.6) is 0 Å². The van der Waals surface area contributed by atoms with Gasteiger partial charge in [-0.15, -0.1) is 0 Å². The van der Waals surface area contributed by atoms with E-state index < -0.39 is 0 Å². The number of ether oxygens (including phenoxy) is 1. The molecule has 1 saturated heterocycles. The zero-order chi connectivity index (χ0) is 18.4. The highest BCUT2D eigenvalue weighted by atomic mass is 16.5. The van der Waals surface area contributed by atoms with Gasteiger partial charge >= 0.3 is 6.03 Å². The van der Waals surface area contributed by atoms with Gasteiger partial charge in [-0.2, -0.15) is 0 Å². The van der Waals surface area contributed by atoms with Crippen LogP contribution in [0.2, 0.25) is 0 Å². The Morgan fingerprint density at radius 3 is 2.73 bits per heavy atom. The molecule has 3 amide bonds. The van der Waals surface area contributed by atoms with E-state index in [1.54, 1.807) is 35.5 Å². The molecule has 0 saturated carbocycles. The van der Waals surface area contributed by atoms with Gasteiger partial charge in [0.1, 0.15) is 0 Å². The number of nitrogens with zero attached hydrogens (tertiary/aromatic N) is 2. The largest absolute Gasteiger partial charge is 0.378 e. The van der Waals surface area contributed by atoms with Gasteiger partial charge in [0.05, 0.1) is 13.2 Å². The fourth-order valence-corrected chi connectivity index (χ4v) is 2.79. The molecule has 1 aromatic carbocycles. The van der Waals surface area contributed by atoms with Crippen molar-refractivity contribution in [1.29, 1.82) is 0 Å². The normalized spacial score (nSPS) is 14.0. The number of carbonyl (C=O) groups excluding carboxylic acids is 2. The van der Waals surface area contributed by atoms with Crippen molar-refractivity contribution in [2.45, 2.75) is 13.5 Å². The van der Waals surface area contributed by atoms with Crippen molar-refractivity contribution in [1.82, 2.24) is 15.2 Å². The highest BCUT2D eigenvalue weighted by Gasteiger charge is 2.21. The molecule has 0 atom stereocenters. The number of anilines is 1. The first-order chi connectivity index (χ1) is 12.6. The first-order valence-corrected chi connectivity index (χ1v) is 8.55. The Morgan fingerprint density at radius 1 is 1.19 bits per heavy atom. The Balaban J connectivity index is 1.64. The number of carbonyl (C=O) groups is 2. The molecule has 2 N–H and O–H groups in total. The summed E-state index contributed by atoms with van der Waals surface area (Å²) in [7, 11) is 0. The summed E-state index contributed by atoms with van der Waals surface area (Å²) in [6.45, 7) is 4.50. The molecule has 3 rings (SSSR count). The third-order valence-electron chi connectivity index (χ3n) is 4.29. The second-order valence-electron chi connectivity index (χ2n) is 6.05. The van der Waals surface area contributed by atoms with E-state index in [0.29, 0.717) is 44.1 Å². The number of benzene rings is 1. The molecule has 2 heterocycles. The minimum atomic E-state index is -0.326. The molecular formula is C19H22N4O3. The standard InChI is InChI=1S/C19H22N4O3/c1-14-16(18(24)23-8-10-26-11-9-23)5-2-6-17(14)22-19(25)21-13-15-4-3-7-20-12-15/h2-7,12H,8-11,13H2,1H3,(H2,21,22,25). The maximum Gasteiger partial charge on any atom is 0.319 e. The molecule has 1 fully saturated rings. The second kappa shape index (κ2) is 8.44. The quantitative estimate of drug-likeness (QED) is 0.882. The van der Waals surface area contributed by atoms with Gasteiger partial charge in [-0.25, -0.2) is 4.79 Å². The maximum absolute atomic E-state index is 12.7. The summed E-state index contributed by atoms with van der Waals surface area (Å²) in [5, 5.41) is 5.60. The number of urea groups is 1. The number of aromatic nitrogens is 1. The number of rotatable bonds is 4. The number of pyridine rings is 1. The number of amides is 3. The first-order valence-electron chi connectivity index (χ1n) is 8.55. The Labute approximate surface area is 152 Å². The molecule has 0 unspecified atom stereocenters. The average Bonchev–Trinajstić information content (AvgIpc) is 2.69. The maximum atomic E-state index is 12.7. The molecule has 136 valence electrons. The fourth-order valence-electron chi connectivity index (χ4n) is 2.79. The van der Waals surface area contributed by atoms with Crippen molar-refractivity contribution < 1.29 is 14.3 Å². The minimum Gasteiger partial charge on any atom is -0.378 e. The molecule has 0 bridgehead atoms. The monoisotopic (exact) mass is 354 g/mol. The summed E-state index contributed by atoms with van der Waals surface area (Å²) >= 11 is 0. The summed E-state index contributed by atoms with van der Waals surface area (Å²) in [6.07, 6.45) is 3.39. The molecule has 1 aliphatic rings. The van der Waals surface area contributed by atoms with Crippen LogP contribution in [0, 0.1) is 6.92 Å². The summed E-state index contributed by atoms with van der Waals surface area (Å²) in [6, 6.07) is 8.73.